The molecule has 2 saturated heterocycles. The molecule has 0 amide bonds. The SMILES string of the molecule is CCCNc1nc(C2CC3CCC2O3)nc(CCC)c1Br. The minimum Gasteiger partial charge on any atom is -0.374 e. The quantitative estimate of drug-likeness (QED) is 0.837. The van der Waals surface area contributed by atoms with Gasteiger partial charge in [0.15, 0.2) is 0 Å². The van der Waals surface area contributed by atoms with Crippen molar-refractivity contribution in [2.24, 2.45) is 0 Å². The summed E-state index contributed by atoms with van der Waals surface area (Å²) in [6.45, 7) is 5.29. The van der Waals surface area contributed by atoms with Gasteiger partial charge in [-0.2, -0.15) is 0 Å². The fourth-order valence-corrected chi connectivity index (χ4v) is 3.87. The Bertz CT molecular complexity index is 509. The van der Waals surface area contributed by atoms with Gasteiger partial charge in [-0.3, -0.25) is 0 Å². The third kappa shape index (κ3) is 3.09. The Morgan fingerprint density at radius 1 is 1.24 bits per heavy atom. The number of ether oxygens (including phenoxy) is 1. The Morgan fingerprint density at radius 2 is 2.10 bits per heavy atom. The van der Waals surface area contributed by atoms with Gasteiger partial charge in [0.25, 0.3) is 0 Å². The van der Waals surface area contributed by atoms with Crippen LogP contribution in [0.15, 0.2) is 4.47 Å². The molecule has 1 aromatic heterocycles. The van der Waals surface area contributed by atoms with Gasteiger partial charge in [-0.1, -0.05) is 20.3 Å². The number of hydrogen-bond donors (Lipinski definition) is 1. The largest absolute Gasteiger partial charge is 0.374 e. The summed E-state index contributed by atoms with van der Waals surface area (Å²) in [5.41, 5.74) is 1.13. The van der Waals surface area contributed by atoms with Crippen molar-refractivity contribution in [1.82, 2.24) is 9.97 Å². The fourth-order valence-electron chi connectivity index (χ4n) is 3.35. The molecule has 0 radical (unpaired) electrons. The molecule has 3 atom stereocenters. The molecule has 21 heavy (non-hydrogen) atoms. The maximum atomic E-state index is 5.98. The number of fused-ring (bicyclic) bond motifs is 2. The van der Waals surface area contributed by atoms with E-state index in [1.54, 1.807) is 0 Å². The Hall–Kier alpha value is -0.680. The van der Waals surface area contributed by atoms with Crippen LogP contribution in [0.3, 0.4) is 0 Å². The maximum Gasteiger partial charge on any atom is 0.144 e. The van der Waals surface area contributed by atoms with Crippen LogP contribution < -0.4 is 5.32 Å². The smallest absolute Gasteiger partial charge is 0.144 e. The Labute approximate surface area is 135 Å². The standard InChI is InChI=1S/C16H24BrN3O/c1-3-5-12-14(17)16(18-8-4-2)20-15(19-12)11-9-10-6-7-13(11)21-10/h10-11,13H,3-9H2,1-2H3,(H,18,19,20). The number of aryl methyl sites for hydroxylation is 1. The van der Waals surface area contributed by atoms with E-state index in [9.17, 15) is 0 Å². The monoisotopic (exact) mass is 353 g/mol. The minimum absolute atomic E-state index is 0.338. The topological polar surface area (TPSA) is 47.0 Å². The highest BCUT2D eigenvalue weighted by molar-refractivity contribution is 9.10. The lowest BCUT2D eigenvalue weighted by Gasteiger charge is -2.20. The predicted octanol–water partition coefficient (Wildman–Crippen LogP) is 4.05. The van der Waals surface area contributed by atoms with Crippen LogP contribution in [0.2, 0.25) is 0 Å². The van der Waals surface area contributed by atoms with Crippen LogP contribution in [-0.2, 0) is 11.2 Å². The van der Waals surface area contributed by atoms with E-state index in [2.05, 4.69) is 35.1 Å². The lowest BCUT2D eigenvalue weighted by molar-refractivity contribution is 0.0998. The van der Waals surface area contributed by atoms with Crippen LogP contribution in [0.5, 0.6) is 0 Å². The fraction of sp³-hybridized carbons (Fsp3) is 0.750. The first-order chi connectivity index (χ1) is 10.2. The molecular weight excluding hydrogens is 330 g/mol. The minimum atomic E-state index is 0.338. The third-order valence-electron chi connectivity index (χ3n) is 4.40. The zero-order valence-corrected chi connectivity index (χ0v) is 14.4. The third-order valence-corrected chi connectivity index (χ3v) is 5.24. The van der Waals surface area contributed by atoms with Crippen molar-refractivity contribution < 1.29 is 4.74 Å². The molecule has 3 heterocycles. The average molecular weight is 354 g/mol. The molecule has 0 aromatic carbocycles. The molecular formula is C16H24BrN3O. The van der Waals surface area contributed by atoms with E-state index in [0.717, 1.165) is 60.5 Å². The van der Waals surface area contributed by atoms with Gasteiger partial charge in [0.2, 0.25) is 0 Å². The molecule has 0 saturated carbocycles. The molecule has 3 rings (SSSR count). The molecule has 2 bridgehead atoms. The van der Waals surface area contributed by atoms with Crippen molar-refractivity contribution in [3.8, 4) is 0 Å². The van der Waals surface area contributed by atoms with Gasteiger partial charge in [-0.05, 0) is 48.0 Å². The number of nitrogens with zero attached hydrogens (tertiary/aromatic N) is 2. The predicted molar refractivity (Wildman–Crippen MR) is 87.8 cm³/mol. The summed E-state index contributed by atoms with van der Waals surface area (Å²) < 4.78 is 7.01. The van der Waals surface area contributed by atoms with E-state index in [1.807, 2.05) is 0 Å². The van der Waals surface area contributed by atoms with Gasteiger partial charge >= 0.3 is 0 Å². The average Bonchev–Trinajstić information content (AvgIpc) is 3.11. The van der Waals surface area contributed by atoms with E-state index in [-0.39, 0.29) is 0 Å². The number of nitrogens with one attached hydrogen (secondary N) is 1. The zero-order valence-electron chi connectivity index (χ0n) is 12.9. The summed E-state index contributed by atoms with van der Waals surface area (Å²) in [4.78, 5) is 9.66. The van der Waals surface area contributed by atoms with Crippen LogP contribution in [0.1, 0.15) is 63.4 Å². The first kappa shape index (κ1) is 15.2. The molecule has 5 heteroatoms. The van der Waals surface area contributed by atoms with Crippen molar-refractivity contribution in [2.45, 2.75) is 70.5 Å². The molecule has 0 spiro atoms. The summed E-state index contributed by atoms with van der Waals surface area (Å²) in [6, 6.07) is 0. The maximum absolute atomic E-state index is 5.98. The molecule has 1 N–H and O–H groups in total. The number of aromatic nitrogens is 2. The van der Waals surface area contributed by atoms with Gasteiger partial charge in [0.1, 0.15) is 11.6 Å². The Morgan fingerprint density at radius 3 is 2.71 bits per heavy atom. The summed E-state index contributed by atoms with van der Waals surface area (Å²) >= 11 is 3.68. The summed E-state index contributed by atoms with van der Waals surface area (Å²) in [5, 5.41) is 3.43. The van der Waals surface area contributed by atoms with Crippen LogP contribution in [0, 0.1) is 0 Å². The second kappa shape index (κ2) is 6.61. The molecule has 4 nitrogen and oxygen atoms in total. The molecule has 2 fully saturated rings. The van der Waals surface area contributed by atoms with Crippen molar-refractivity contribution in [3.05, 3.63) is 16.0 Å². The van der Waals surface area contributed by atoms with Crippen LogP contribution in [-0.4, -0.2) is 28.7 Å². The Kier molecular flexibility index (Phi) is 4.79. The molecule has 2 aliphatic rings. The normalized spacial score (nSPS) is 27.3. The highest BCUT2D eigenvalue weighted by Gasteiger charge is 2.43. The molecule has 0 aliphatic carbocycles. The lowest BCUT2D eigenvalue weighted by atomic mass is 9.88. The molecule has 116 valence electrons. The highest BCUT2D eigenvalue weighted by atomic mass is 79.9. The molecule has 3 unspecified atom stereocenters. The van der Waals surface area contributed by atoms with Gasteiger partial charge < -0.3 is 10.1 Å². The van der Waals surface area contributed by atoms with Crippen LogP contribution in [0.25, 0.3) is 0 Å². The highest BCUT2D eigenvalue weighted by Crippen LogP contribution is 2.44. The van der Waals surface area contributed by atoms with Crippen molar-refractivity contribution in [3.63, 3.8) is 0 Å². The zero-order chi connectivity index (χ0) is 14.8. The van der Waals surface area contributed by atoms with Gasteiger partial charge in [-0.25, -0.2) is 9.97 Å². The number of halogens is 1. The summed E-state index contributed by atoms with van der Waals surface area (Å²) in [6.07, 6.45) is 7.40. The van der Waals surface area contributed by atoms with Crippen LogP contribution >= 0.6 is 15.9 Å². The van der Waals surface area contributed by atoms with Crippen LogP contribution in [0.4, 0.5) is 5.82 Å². The number of anilines is 1. The Balaban J connectivity index is 1.90. The van der Waals surface area contributed by atoms with E-state index in [0.29, 0.717) is 18.1 Å². The summed E-state index contributed by atoms with van der Waals surface area (Å²) in [5.74, 6) is 2.31. The van der Waals surface area contributed by atoms with Gasteiger partial charge in [0, 0.05) is 12.5 Å². The van der Waals surface area contributed by atoms with Gasteiger partial charge in [-0.15, -0.1) is 0 Å². The first-order valence-corrected chi connectivity index (χ1v) is 8.97. The van der Waals surface area contributed by atoms with Gasteiger partial charge in [0.05, 0.1) is 22.4 Å². The molecule has 1 aromatic rings. The van der Waals surface area contributed by atoms with E-state index in [4.69, 9.17) is 14.7 Å². The second-order valence-electron chi connectivity index (χ2n) is 6.08. The van der Waals surface area contributed by atoms with E-state index in [1.165, 1.54) is 6.42 Å². The number of hydrogen-bond acceptors (Lipinski definition) is 4. The van der Waals surface area contributed by atoms with E-state index < -0.39 is 0 Å². The summed E-state index contributed by atoms with van der Waals surface area (Å²) in [7, 11) is 0. The second-order valence-corrected chi connectivity index (χ2v) is 6.88. The molecule has 2 aliphatic heterocycles. The van der Waals surface area contributed by atoms with E-state index >= 15 is 0 Å². The van der Waals surface area contributed by atoms with Crippen molar-refractivity contribution >= 4 is 21.7 Å². The van der Waals surface area contributed by atoms with Crippen molar-refractivity contribution in [2.75, 3.05) is 11.9 Å². The lowest BCUT2D eigenvalue weighted by Crippen LogP contribution is -2.19. The van der Waals surface area contributed by atoms with Crippen molar-refractivity contribution in [1.29, 1.82) is 0 Å². The first-order valence-electron chi connectivity index (χ1n) is 8.18. The number of rotatable bonds is 6.